The lowest BCUT2D eigenvalue weighted by Crippen LogP contribution is -2.08. The molecule has 0 aromatic carbocycles. The van der Waals surface area contributed by atoms with Crippen LogP contribution in [-0.4, -0.2) is 13.2 Å². The Kier molecular flexibility index (Phi) is 0.789. The minimum absolute atomic E-state index is 0.778. The Morgan fingerprint density at radius 1 is 1.50 bits per heavy atom. The van der Waals surface area contributed by atoms with Crippen molar-refractivity contribution in [1.82, 2.24) is 0 Å². The van der Waals surface area contributed by atoms with Gasteiger partial charge >= 0.3 is 0 Å². The molecule has 0 saturated carbocycles. The Balaban J connectivity index is 2.15. The van der Waals surface area contributed by atoms with Crippen LogP contribution in [0.15, 0.2) is 23.3 Å². The standard InChI is InChI=1S/C9H10O/c1-2-7-3-6(1)8-4-10-5-9(7)8/h1-2,6,8H,3-5H2. The fourth-order valence-corrected chi connectivity index (χ4v) is 2.36. The topological polar surface area (TPSA) is 9.23 Å². The van der Waals surface area contributed by atoms with Crippen LogP contribution in [0.3, 0.4) is 0 Å². The Labute approximate surface area is 60.4 Å². The van der Waals surface area contributed by atoms with E-state index in [0.29, 0.717) is 0 Å². The van der Waals surface area contributed by atoms with Crippen molar-refractivity contribution in [2.75, 3.05) is 13.2 Å². The fourth-order valence-electron chi connectivity index (χ4n) is 2.36. The number of ether oxygens (including phenoxy) is 1. The Hall–Kier alpha value is -0.560. The van der Waals surface area contributed by atoms with E-state index in [9.17, 15) is 0 Å². The largest absolute Gasteiger partial charge is 0.376 e. The summed E-state index contributed by atoms with van der Waals surface area (Å²) in [4.78, 5) is 0. The van der Waals surface area contributed by atoms with Crippen LogP contribution >= 0.6 is 0 Å². The zero-order valence-electron chi connectivity index (χ0n) is 5.84. The van der Waals surface area contributed by atoms with Crippen molar-refractivity contribution in [1.29, 1.82) is 0 Å². The van der Waals surface area contributed by atoms with Crippen molar-refractivity contribution in [2.24, 2.45) is 11.8 Å². The zero-order chi connectivity index (χ0) is 6.55. The van der Waals surface area contributed by atoms with Gasteiger partial charge in [0.25, 0.3) is 0 Å². The summed E-state index contributed by atoms with van der Waals surface area (Å²) in [6.07, 6.45) is 5.94. The molecule has 0 N–H and O–H groups in total. The van der Waals surface area contributed by atoms with E-state index in [0.717, 1.165) is 25.0 Å². The van der Waals surface area contributed by atoms with E-state index in [4.69, 9.17) is 4.74 Å². The van der Waals surface area contributed by atoms with Crippen molar-refractivity contribution in [3.05, 3.63) is 23.3 Å². The highest BCUT2D eigenvalue weighted by Gasteiger charge is 2.38. The first-order valence-corrected chi connectivity index (χ1v) is 3.93. The number of allylic oxidation sites excluding steroid dienone is 3. The molecule has 1 heteroatoms. The lowest BCUT2D eigenvalue weighted by atomic mass is 9.93. The molecular formula is C9H10O. The van der Waals surface area contributed by atoms with Gasteiger partial charge < -0.3 is 4.74 Å². The van der Waals surface area contributed by atoms with Gasteiger partial charge in [0.05, 0.1) is 13.2 Å². The van der Waals surface area contributed by atoms with Gasteiger partial charge in [0.2, 0.25) is 0 Å². The molecule has 2 bridgehead atoms. The van der Waals surface area contributed by atoms with Gasteiger partial charge in [-0.15, -0.1) is 0 Å². The number of fused-ring (bicyclic) bond motifs is 4. The normalized spacial score (nSPS) is 41.6. The lowest BCUT2D eigenvalue weighted by molar-refractivity contribution is 0.178. The fraction of sp³-hybridized carbons (Fsp3) is 0.556. The molecule has 2 aliphatic carbocycles. The molecule has 3 rings (SSSR count). The minimum Gasteiger partial charge on any atom is -0.376 e. The van der Waals surface area contributed by atoms with Crippen LogP contribution in [0.25, 0.3) is 0 Å². The molecule has 0 spiro atoms. The predicted octanol–water partition coefficient (Wildman–Crippen LogP) is 1.52. The van der Waals surface area contributed by atoms with E-state index in [1.807, 2.05) is 0 Å². The van der Waals surface area contributed by atoms with Crippen molar-refractivity contribution in [2.45, 2.75) is 6.42 Å². The SMILES string of the molecule is C1=CC2CC1=C1COCC12. The monoisotopic (exact) mass is 134 g/mol. The van der Waals surface area contributed by atoms with Gasteiger partial charge in [0, 0.05) is 5.92 Å². The van der Waals surface area contributed by atoms with Crippen molar-refractivity contribution >= 4 is 0 Å². The molecule has 52 valence electrons. The predicted molar refractivity (Wildman–Crippen MR) is 38.6 cm³/mol. The van der Waals surface area contributed by atoms with E-state index in [1.165, 1.54) is 6.42 Å². The van der Waals surface area contributed by atoms with E-state index >= 15 is 0 Å². The number of hydrogen-bond donors (Lipinski definition) is 0. The van der Waals surface area contributed by atoms with E-state index < -0.39 is 0 Å². The number of hydrogen-bond acceptors (Lipinski definition) is 1. The van der Waals surface area contributed by atoms with Crippen LogP contribution in [0.1, 0.15) is 6.42 Å². The van der Waals surface area contributed by atoms with Gasteiger partial charge in [-0.25, -0.2) is 0 Å². The summed E-state index contributed by atoms with van der Waals surface area (Å²) in [5.41, 5.74) is 3.18. The van der Waals surface area contributed by atoms with Crippen molar-refractivity contribution in [3.8, 4) is 0 Å². The van der Waals surface area contributed by atoms with Gasteiger partial charge in [0.1, 0.15) is 0 Å². The summed E-state index contributed by atoms with van der Waals surface area (Å²) in [5, 5.41) is 0. The van der Waals surface area contributed by atoms with Gasteiger partial charge in [-0.1, -0.05) is 12.2 Å². The molecule has 0 radical (unpaired) electrons. The van der Waals surface area contributed by atoms with E-state index in [2.05, 4.69) is 12.2 Å². The highest BCUT2D eigenvalue weighted by molar-refractivity contribution is 5.42. The third-order valence-electron chi connectivity index (χ3n) is 2.93. The van der Waals surface area contributed by atoms with Gasteiger partial charge in [-0.05, 0) is 23.5 Å². The molecule has 10 heavy (non-hydrogen) atoms. The molecule has 0 aromatic rings. The molecule has 1 saturated heterocycles. The molecule has 0 amide bonds. The average molecular weight is 134 g/mol. The maximum Gasteiger partial charge on any atom is 0.0686 e. The van der Waals surface area contributed by atoms with Crippen LogP contribution in [-0.2, 0) is 4.74 Å². The molecular weight excluding hydrogens is 124 g/mol. The molecule has 1 nitrogen and oxygen atoms in total. The molecule has 1 heterocycles. The highest BCUT2D eigenvalue weighted by atomic mass is 16.5. The smallest absolute Gasteiger partial charge is 0.0686 e. The first-order valence-electron chi connectivity index (χ1n) is 3.93. The van der Waals surface area contributed by atoms with Crippen molar-refractivity contribution < 1.29 is 4.74 Å². The quantitative estimate of drug-likeness (QED) is 0.488. The van der Waals surface area contributed by atoms with Crippen LogP contribution in [0.5, 0.6) is 0 Å². The first-order chi connectivity index (χ1) is 4.95. The van der Waals surface area contributed by atoms with Crippen molar-refractivity contribution in [3.63, 3.8) is 0 Å². The lowest BCUT2D eigenvalue weighted by Gasteiger charge is -2.10. The van der Waals surface area contributed by atoms with Crippen LogP contribution in [0.4, 0.5) is 0 Å². The first kappa shape index (κ1) is 5.14. The molecule has 2 atom stereocenters. The second-order valence-electron chi connectivity index (χ2n) is 3.40. The molecule has 1 aliphatic heterocycles. The summed E-state index contributed by atoms with van der Waals surface area (Å²) in [6.45, 7) is 1.90. The Morgan fingerprint density at radius 3 is 3.40 bits per heavy atom. The highest BCUT2D eigenvalue weighted by Crippen LogP contribution is 2.46. The van der Waals surface area contributed by atoms with E-state index in [-0.39, 0.29) is 0 Å². The summed E-state index contributed by atoms with van der Waals surface area (Å²) < 4.78 is 5.39. The summed E-state index contributed by atoms with van der Waals surface area (Å²) in [5.74, 6) is 1.59. The maximum atomic E-state index is 5.39. The van der Waals surface area contributed by atoms with Crippen LogP contribution < -0.4 is 0 Å². The van der Waals surface area contributed by atoms with Crippen LogP contribution in [0.2, 0.25) is 0 Å². The maximum absolute atomic E-state index is 5.39. The van der Waals surface area contributed by atoms with Gasteiger partial charge in [0.15, 0.2) is 0 Å². The zero-order valence-corrected chi connectivity index (χ0v) is 5.84. The Morgan fingerprint density at radius 2 is 2.50 bits per heavy atom. The summed E-state index contributed by atoms with van der Waals surface area (Å²) >= 11 is 0. The third-order valence-corrected chi connectivity index (χ3v) is 2.93. The number of rotatable bonds is 0. The molecule has 3 aliphatic rings. The molecule has 2 unspecified atom stereocenters. The minimum atomic E-state index is 0.778. The van der Waals surface area contributed by atoms with Gasteiger partial charge in [-0.3, -0.25) is 0 Å². The summed E-state index contributed by atoms with van der Waals surface area (Å²) in [6, 6.07) is 0. The summed E-state index contributed by atoms with van der Waals surface area (Å²) in [7, 11) is 0. The second kappa shape index (κ2) is 1.54. The molecule has 0 aromatic heterocycles. The molecule has 1 fully saturated rings. The van der Waals surface area contributed by atoms with Gasteiger partial charge in [-0.2, -0.15) is 0 Å². The average Bonchev–Trinajstić information content (AvgIpc) is 2.60. The van der Waals surface area contributed by atoms with E-state index in [1.54, 1.807) is 11.1 Å². The van der Waals surface area contributed by atoms with Crippen LogP contribution in [0, 0.1) is 11.8 Å². The third kappa shape index (κ3) is 0.441. The Bertz CT molecular complexity index is 237. The second-order valence-corrected chi connectivity index (χ2v) is 3.40.